The summed E-state index contributed by atoms with van der Waals surface area (Å²) in [6.07, 6.45) is 5.45. The summed E-state index contributed by atoms with van der Waals surface area (Å²) >= 11 is 0. The molecule has 0 aliphatic heterocycles. The van der Waals surface area contributed by atoms with E-state index in [1.165, 1.54) is 30.0 Å². The summed E-state index contributed by atoms with van der Waals surface area (Å²) in [6.45, 7) is 4.46. The predicted octanol–water partition coefficient (Wildman–Crippen LogP) is 5.48. The topological polar surface area (TPSA) is 20.2 Å². The van der Waals surface area contributed by atoms with Gasteiger partial charge in [0.05, 0.1) is 6.10 Å². The summed E-state index contributed by atoms with van der Waals surface area (Å²) in [5, 5.41) is 12.9. The molecule has 1 heteroatoms. The summed E-state index contributed by atoms with van der Waals surface area (Å²) < 4.78 is 0. The molecule has 2 atom stereocenters. The Kier molecular flexibility index (Phi) is 5.60. The van der Waals surface area contributed by atoms with Gasteiger partial charge in [-0.2, -0.15) is 0 Å². The molecule has 20 heavy (non-hydrogen) atoms. The third-order valence-electron chi connectivity index (χ3n) is 4.26. The number of rotatable bonds is 7. The molecule has 2 unspecified atom stereocenters. The number of aliphatic hydroxyl groups excluding tert-OH is 1. The second-order valence-electron chi connectivity index (χ2n) is 5.77. The molecule has 0 radical (unpaired) electrons. The Bertz CT molecular complexity index is 532. The van der Waals surface area contributed by atoms with E-state index in [1.54, 1.807) is 0 Å². The maximum absolute atomic E-state index is 10.5. The maximum Gasteiger partial charge on any atom is 0.0792 e. The molecule has 1 N–H and O–H groups in total. The molecule has 0 heterocycles. The number of hydrogen-bond donors (Lipinski definition) is 1. The standard InChI is InChI=1S/C19H26O/c1-3-5-8-15(4-2)13-19(20)18-12-11-16-9-6-7-10-17(16)14-18/h6-7,9-12,14-15,19-20H,3-5,8,13H2,1-2H3. The quantitative estimate of drug-likeness (QED) is 0.706. The van der Waals surface area contributed by atoms with E-state index in [-0.39, 0.29) is 6.10 Å². The number of fused-ring (bicyclic) bond motifs is 1. The first-order valence-electron chi connectivity index (χ1n) is 7.91. The van der Waals surface area contributed by atoms with Gasteiger partial charge >= 0.3 is 0 Å². The zero-order chi connectivity index (χ0) is 14.4. The van der Waals surface area contributed by atoms with Crippen molar-refractivity contribution in [3.05, 3.63) is 48.0 Å². The zero-order valence-electron chi connectivity index (χ0n) is 12.7. The lowest BCUT2D eigenvalue weighted by Gasteiger charge is -2.19. The molecular weight excluding hydrogens is 244 g/mol. The van der Waals surface area contributed by atoms with E-state index < -0.39 is 0 Å². The average Bonchev–Trinajstić information content (AvgIpc) is 2.50. The predicted molar refractivity (Wildman–Crippen MR) is 86.8 cm³/mol. The molecule has 0 fully saturated rings. The Balaban J connectivity index is 2.07. The van der Waals surface area contributed by atoms with E-state index in [4.69, 9.17) is 0 Å². The van der Waals surface area contributed by atoms with Gasteiger partial charge in [-0.25, -0.2) is 0 Å². The van der Waals surface area contributed by atoms with Gasteiger partial charge in [-0.3, -0.25) is 0 Å². The van der Waals surface area contributed by atoms with Crippen molar-refractivity contribution in [1.82, 2.24) is 0 Å². The Morgan fingerprint density at radius 3 is 2.45 bits per heavy atom. The second kappa shape index (κ2) is 7.44. The number of hydrogen-bond acceptors (Lipinski definition) is 1. The zero-order valence-corrected chi connectivity index (χ0v) is 12.7. The van der Waals surface area contributed by atoms with Crippen LogP contribution in [0.4, 0.5) is 0 Å². The van der Waals surface area contributed by atoms with Crippen LogP contribution in [-0.4, -0.2) is 5.11 Å². The molecule has 0 saturated heterocycles. The lowest BCUT2D eigenvalue weighted by Crippen LogP contribution is -2.07. The van der Waals surface area contributed by atoms with Crippen LogP contribution >= 0.6 is 0 Å². The van der Waals surface area contributed by atoms with Gasteiger partial charge in [0.2, 0.25) is 0 Å². The number of aliphatic hydroxyl groups is 1. The molecule has 0 aromatic heterocycles. The fourth-order valence-electron chi connectivity index (χ4n) is 2.85. The van der Waals surface area contributed by atoms with Crippen LogP contribution in [0.3, 0.4) is 0 Å². The monoisotopic (exact) mass is 270 g/mol. The van der Waals surface area contributed by atoms with Crippen molar-refractivity contribution in [3.63, 3.8) is 0 Å². The van der Waals surface area contributed by atoms with Crippen molar-refractivity contribution < 1.29 is 5.11 Å². The van der Waals surface area contributed by atoms with Gasteiger partial charge in [-0.1, -0.05) is 75.9 Å². The van der Waals surface area contributed by atoms with E-state index >= 15 is 0 Å². The van der Waals surface area contributed by atoms with Crippen LogP contribution in [0.25, 0.3) is 10.8 Å². The third kappa shape index (κ3) is 3.83. The molecule has 108 valence electrons. The summed E-state index contributed by atoms with van der Waals surface area (Å²) in [4.78, 5) is 0. The SMILES string of the molecule is CCCCC(CC)CC(O)c1ccc2ccccc2c1. The Labute approximate surface area is 122 Å². The number of unbranched alkanes of at least 4 members (excludes halogenated alkanes) is 1. The van der Waals surface area contributed by atoms with Crippen LogP contribution in [-0.2, 0) is 0 Å². The van der Waals surface area contributed by atoms with E-state index in [1.807, 2.05) is 0 Å². The van der Waals surface area contributed by atoms with Crippen LogP contribution in [0.5, 0.6) is 0 Å². The molecule has 1 nitrogen and oxygen atoms in total. The van der Waals surface area contributed by atoms with Gasteiger partial charge in [0.25, 0.3) is 0 Å². The smallest absolute Gasteiger partial charge is 0.0792 e. The van der Waals surface area contributed by atoms with Crippen LogP contribution in [0.15, 0.2) is 42.5 Å². The molecule has 0 amide bonds. The summed E-state index contributed by atoms with van der Waals surface area (Å²) in [5.41, 5.74) is 1.05. The van der Waals surface area contributed by atoms with Crippen molar-refractivity contribution in [2.45, 2.75) is 52.1 Å². The van der Waals surface area contributed by atoms with Crippen LogP contribution in [0, 0.1) is 5.92 Å². The Hall–Kier alpha value is -1.34. The minimum Gasteiger partial charge on any atom is -0.388 e. The lowest BCUT2D eigenvalue weighted by molar-refractivity contribution is 0.139. The van der Waals surface area contributed by atoms with Crippen molar-refractivity contribution in [2.75, 3.05) is 0 Å². The van der Waals surface area contributed by atoms with Gasteiger partial charge in [0.1, 0.15) is 0 Å². The lowest BCUT2D eigenvalue weighted by atomic mass is 9.90. The van der Waals surface area contributed by atoms with Crippen LogP contribution in [0.1, 0.15) is 57.6 Å². The van der Waals surface area contributed by atoms with Gasteiger partial charge in [0, 0.05) is 0 Å². The van der Waals surface area contributed by atoms with E-state index in [0.717, 1.165) is 18.4 Å². The van der Waals surface area contributed by atoms with Crippen molar-refractivity contribution in [2.24, 2.45) is 5.92 Å². The van der Waals surface area contributed by atoms with Crippen LogP contribution in [0.2, 0.25) is 0 Å². The Morgan fingerprint density at radius 2 is 1.75 bits per heavy atom. The highest BCUT2D eigenvalue weighted by molar-refractivity contribution is 5.83. The van der Waals surface area contributed by atoms with Crippen molar-refractivity contribution in [3.8, 4) is 0 Å². The minimum absolute atomic E-state index is 0.332. The molecule has 0 saturated carbocycles. The highest BCUT2D eigenvalue weighted by atomic mass is 16.3. The van der Waals surface area contributed by atoms with Crippen molar-refractivity contribution in [1.29, 1.82) is 0 Å². The van der Waals surface area contributed by atoms with Gasteiger partial charge in [-0.05, 0) is 34.7 Å². The van der Waals surface area contributed by atoms with Crippen LogP contribution < -0.4 is 0 Å². The molecule has 2 aromatic carbocycles. The molecule has 2 aromatic rings. The van der Waals surface area contributed by atoms with E-state index in [2.05, 4.69) is 56.3 Å². The highest BCUT2D eigenvalue weighted by Crippen LogP contribution is 2.28. The fraction of sp³-hybridized carbons (Fsp3) is 0.474. The second-order valence-corrected chi connectivity index (χ2v) is 5.77. The molecule has 0 spiro atoms. The van der Waals surface area contributed by atoms with Gasteiger partial charge in [-0.15, -0.1) is 0 Å². The van der Waals surface area contributed by atoms with E-state index in [9.17, 15) is 5.11 Å². The van der Waals surface area contributed by atoms with E-state index in [0.29, 0.717) is 5.92 Å². The number of benzene rings is 2. The molecule has 0 bridgehead atoms. The third-order valence-corrected chi connectivity index (χ3v) is 4.26. The molecular formula is C19H26O. The molecule has 0 aliphatic rings. The summed E-state index contributed by atoms with van der Waals surface area (Å²) in [6, 6.07) is 14.6. The average molecular weight is 270 g/mol. The molecule has 2 rings (SSSR count). The first-order chi connectivity index (χ1) is 9.74. The summed E-state index contributed by atoms with van der Waals surface area (Å²) in [7, 11) is 0. The van der Waals surface area contributed by atoms with Gasteiger partial charge < -0.3 is 5.11 Å². The largest absolute Gasteiger partial charge is 0.388 e. The minimum atomic E-state index is -0.332. The first kappa shape index (κ1) is 15.1. The van der Waals surface area contributed by atoms with Crippen molar-refractivity contribution >= 4 is 10.8 Å². The maximum atomic E-state index is 10.5. The molecule has 0 aliphatic carbocycles. The first-order valence-corrected chi connectivity index (χ1v) is 7.91. The normalized spacial score (nSPS) is 14.3. The summed E-state index contributed by atoms with van der Waals surface area (Å²) in [5.74, 6) is 0.636. The van der Waals surface area contributed by atoms with Gasteiger partial charge in [0.15, 0.2) is 0 Å². The fourth-order valence-corrected chi connectivity index (χ4v) is 2.85. The Morgan fingerprint density at radius 1 is 1.00 bits per heavy atom. The highest BCUT2D eigenvalue weighted by Gasteiger charge is 2.14.